The van der Waals surface area contributed by atoms with Gasteiger partial charge in [0.15, 0.2) is 0 Å². The number of ether oxygens (including phenoxy) is 2. The second-order valence-corrected chi connectivity index (χ2v) is 4.45. The predicted octanol–water partition coefficient (Wildman–Crippen LogP) is 2.94. The minimum atomic E-state index is -0.119. The van der Waals surface area contributed by atoms with Gasteiger partial charge in [-0.15, -0.1) is 11.6 Å². The summed E-state index contributed by atoms with van der Waals surface area (Å²) in [5, 5.41) is -0.119. The van der Waals surface area contributed by atoms with E-state index in [1.165, 1.54) is 5.56 Å². The highest BCUT2D eigenvalue weighted by atomic mass is 35.5. The van der Waals surface area contributed by atoms with Crippen molar-refractivity contribution in [1.82, 2.24) is 0 Å². The van der Waals surface area contributed by atoms with E-state index in [9.17, 15) is 0 Å². The number of hydrogen-bond acceptors (Lipinski definition) is 2. The lowest BCUT2D eigenvalue weighted by atomic mass is 10.0. The molecule has 88 valence electrons. The van der Waals surface area contributed by atoms with Gasteiger partial charge in [-0.2, -0.15) is 0 Å². The van der Waals surface area contributed by atoms with Gasteiger partial charge in [-0.1, -0.05) is 31.2 Å². The van der Waals surface area contributed by atoms with Gasteiger partial charge in [-0.3, -0.25) is 0 Å². The molecule has 2 nitrogen and oxygen atoms in total. The molecule has 0 N–H and O–H groups in total. The molecule has 2 atom stereocenters. The largest absolute Gasteiger partial charge is 0.376 e. The summed E-state index contributed by atoms with van der Waals surface area (Å²) in [6, 6.07) is 8.39. The van der Waals surface area contributed by atoms with E-state index in [0.717, 1.165) is 12.0 Å². The van der Waals surface area contributed by atoms with Crippen molar-refractivity contribution in [2.75, 3.05) is 19.8 Å². The van der Waals surface area contributed by atoms with Gasteiger partial charge in [-0.25, -0.2) is 0 Å². The standard InChI is InChI=1S/C13H17ClO2/c1-2-10-3-5-11(6-4-10)13(14)12-9-15-7-8-16-12/h3-6,12-13H,2,7-9H2,1H3. The van der Waals surface area contributed by atoms with Crippen molar-refractivity contribution in [2.24, 2.45) is 0 Å². The molecule has 0 aromatic heterocycles. The zero-order valence-corrected chi connectivity index (χ0v) is 10.2. The normalized spacial score (nSPS) is 23.0. The van der Waals surface area contributed by atoms with Crippen LogP contribution < -0.4 is 0 Å². The molecule has 0 saturated carbocycles. The van der Waals surface area contributed by atoms with Crippen LogP contribution in [0, 0.1) is 0 Å². The molecule has 1 aromatic rings. The molecule has 1 aliphatic heterocycles. The van der Waals surface area contributed by atoms with Crippen LogP contribution in [0.15, 0.2) is 24.3 Å². The molecule has 1 aromatic carbocycles. The van der Waals surface area contributed by atoms with Crippen molar-refractivity contribution < 1.29 is 9.47 Å². The highest BCUT2D eigenvalue weighted by Gasteiger charge is 2.24. The van der Waals surface area contributed by atoms with Gasteiger partial charge >= 0.3 is 0 Å². The average molecular weight is 241 g/mol. The smallest absolute Gasteiger partial charge is 0.101 e. The Kier molecular flexibility index (Phi) is 4.22. The van der Waals surface area contributed by atoms with Gasteiger partial charge < -0.3 is 9.47 Å². The van der Waals surface area contributed by atoms with Gasteiger partial charge in [0, 0.05) is 0 Å². The van der Waals surface area contributed by atoms with Crippen LogP contribution >= 0.6 is 11.6 Å². The molecule has 16 heavy (non-hydrogen) atoms. The second-order valence-electron chi connectivity index (χ2n) is 3.98. The Hall–Kier alpha value is -0.570. The molecule has 2 rings (SSSR count). The van der Waals surface area contributed by atoms with Crippen molar-refractivity contribution in [1.29, 1.82) is 0 Å². The maximum absolute atomic E-state index is 6.38. The molecular formula is C13H17ClO2. The first-order chi connectivity index (χ1) is 7.81. The number of benzene rings is 1. The van der Waals surface area contributed by atoms with Crippen LogP contribution in [-0.4, -0.2) is 25.9 Å². The van der Waals surface area contributed by atoms with Crippen LogP contribution in [-0.2, 0) is 15.9 Å². The van der Waals surface area contributed by atoms with Gasteiger partial charge in [0.2, 0.25) is 0 Å². The van der Waals surface area contributed by atoms with Crippen LogP contribution in [0.5, 0.6) is 0 Å². The Labute approximate surface area is 102 Å². The van der Waals surface area contributed by atoms with E-state index < -0.39 is 0 Å². The lowest BCUT2D eigenvalue weighted by Gasteiger charge is -2.27. The van der Waals surface area contributed by atoms with Crippen LogP contribution in [0.3, 0.4) is 0 Å². The first kappa shape index (κ1) is 11.9. The number of halogens is 1. The van der Waals surface area contributed by atoms with Crippen molar-refractivity contribution in [3.63, 3.8) is 0 Å². The van der Waals surface area contributed by atoms with Crippen molar-refractivity contribution in [3.8, 4) is 0 Å². The molecule has 1 aliphatic rings. The Morgan fingerprint density at radius 3 is 2.62 bits per heavy atom. The van der Waals surface area contributed by atoms with Crippen LogP contribution in [0.1, 0.15) is 23.4 Å². The molecule has 0 aliphatic carbocycles. The van der Waals surface area contributed by atoms with E-state index >= 15 is 0 Å². The third-order valence-electron chi connectivity index (χ3n) is 2.87. The van der Waals surface area contributed by atoms with Crippen molar-refractivity contribution in [2.45, 2.75) is 24.8 Å². The lowest BCUT2D eigenvalue weighted by molar-refractivity contribution is -0.0892. The van der Waals surface area contributed by atoms with E-state index in [-0.39, 0.29) is 11.5 Å². The highest BCUT2D eigenvalue weighted by molar-refractivity contribution is 6.21. The maximum Gasteiger partial charge on any atom is 0.101 e. The average Bonchev–Trinajstić information content (AvgIpc) is 2.39. The first-order valence-corrected chi connectivity index (χ1v) is 6.17. The SMILES string of the molecule is CCc1ccc(C(Cl)C2COCCO2)cc1. The fourth-order valence-corrected chi connectivity index (χ4v) is 2.12. The van der Waals surface area contributed by atoms with Gasteiger partial charge in [0.05, 0.1) is 25.2 Å². The molecular weight excluding hydrogens is 224 g/mol. The first-order valence-electron chi connectivity index (χ1n) is 5.73. The Balaban J connectivity index is 2.04. The fourth-order valence-electron chi connectivity index (χ4n) is 1.83. The van der Waals surface area contributed by atoms with Crippen molar-refractivity contribution in [3.05, 3.63) is 35.4 Å². The molecule has 0 radical (unpaired) electrons. The minimum Gasteiger partial charge on any atom is -0.376 e. The molecule has 1 fully saturated rings. The van der Waals surface area contributed by atoms with E-state index in [1.54, 1.807) is 0 Å². The Morgan fingerprint density at radius 2 is 2.06 bits per heavy atom. The molecule has 3 heteroatoms. The summed E-state index contributed by atoms with van der Waals surface area (Å²) in [7, 11) is 0. The summed E-state index contributed by atoms with van der Waals surface area (Å²) in [5.41, 5.74) is 2.43. The maximum atomic E-state index is 6.38. The summed E-state index contributed by atoms with van der Waals surface area (Å²) >= 11 is 6.38. The molecule has 0 amide bonds. The van der Waals surface area contributed by atoms with Crippen LogP contribution in [0.25, 0.3) is 0 Å². The minimum absolute atomic E-state index is 0.0251. The highest BCUT2D eigenvalue weighted by Crippen LogP contribution is 2.28. The van der Waals surface area contributed by atoms with E-state index in [2.05, 4.69) is 31.2 Å². The topological polar surface area (TPSA) is 18.5 Å². The second kappa shape index (κ2) is 5.67. The number of aryl methyl sites for hydroxylation is 1. The van der Waals surface area contributed by atoms with Crippen LogP contribution in [0.2, 0.25) is 0 Å². The lowest BCUT2D eigenvalue weighted by Crippen LogP contribution is -2.31. The summed E-state index contributed by atoms with van der Waals surface area (Å²) in [5.74, 6) is 0. The monoisotopic (exact) mass is 240 g/mol. The number of rotatable bonds is 3. The third kappa shape index (κ3) is 2.76. The Morgan fingerprint density at radius 1 is 1.31 bits per heavy atom. The molecule has 2 unspecified atom stereocenters. The summed E-state index contributed by atoms with van der Waals surface area (Å²) < 4.78 is 11.0. The zero-order chi connectivity index (χ0) is 11.4. The summed E-state index contributed by atoms with van der Waals surface area (Å²) in [6.07, 6.45) is 1.03. The number of alkyl halides is 1. The van der Waals surface area contributed by atoms with Crippen LogP contribution in [0.4, 0.5) is 0 Å². The van der Waals surface area contributed by atoms with E-state index in [4.69, 9.17) is 21.1 Å². The Bertz CT molecular complexity index is 317. The van der Waals surface area contributed by atoms with Crippen molar-refractivity contribution >= 4 is 11.6 Å². The van der Waals surface area contributed by atoms with E-state index in [1.807, 2.05) is 0 Å². The molecule has 0 spiro atoms. The summed E-state index contributed by atoms with van der Waals surface area (Å²) in [4.78, 5) is 0. The number of hydrogen-bond donors (Lipinski definition) is 0. The van der Waals surface area contributed by atoms with Gasteiger partial charge in [-0.05, 0) is 17.5 Å². The van der Waals surface area contributed by atoms with E-state index in [0.29, 0.717) is 19.8 Å². The molecule has 0 bridgehead atoms. The van der Waals surface area contributed by atoms with Gasteiger partial charge in [0.1, 0.15) is 6.10 Å². The zero-order valence-electron chi connectivity index (χ0n) is 9.49. The van der Waals surface area contributed by atoms with Gasteiger partial charge in [0.25, 0.3) is 0 Å². The molecule has 1 saturated heterocycles. The fraction of sp³-hybridized carbons (Fsp3) is 0.538. The molecule has 1 heterocycles. The predicted molar refractivity (Wildman–Crippen MR) is 65.0 cm³/mol. The third-order valence-corrected chi connectivity index (χ3v) is 3.41. The quantitative estimate of drug-likeness (QED) is 0.757. The summed E-state index contributed by atoms with van der Waals surface area (Å²) in [6.45, 7) is 4.05.